The van der Waals surface area contributed by atoms with Crippen molar-refractivity contribution < 1.29 is 0 Å². The first-order valence-corrected chi connectivity index (χ1v) is 7.39. The minimum atomic E-state index is 0. The summed E-state index contributed by atoms with van der Waals surface area (Å²) in [5.74, 6) is 0.950. The number of nitrogens with zero attached hydrogens (tertiary/aromatic N) is 4. The second-order valence-electron chi connectivity index (χ2n) is 5.22. The van der Waals surface area contributed by atoms with Crippen LogP contribution in [0.2, 0.25) is 0 Å². The average molecular weight is 411 g/mol. The van der Waals surface area contributed by atoms with E-state index in [-0.39, 0.29) is 24.0 Å². The van der Waals surface area contributed by atoms with Gasteiger partial charge in [0, 0.05) is 37.6 Å². The standard InChI is InChI=1S/C16H21N5.HI/c1-3-17-16(18-10-13-11-19-20(2)12-13)21-9-8-14-6-4-5-7-15(14)21;/h4-7,11-12H,3,8-10H2,1-2H3,(H,17,18);1H. The van der Waals surface area contributed by atoms with Gasteiger partial charge in [0.2, 0.25) is 0 Å². The minimum absolute atomic E-state index is 0. The molecule has 118 valence electrons. The Morgan fingerprint density at radius 2 is 2.18 bits per heavy atom. The molecule has 0 spiro atoms. The number of hydrogen-bond acceptors (Lipinski definition) is 2. The Bertz CT molecular complexity index is 649. The van der Waals surface area contributed by atoms with E-state index < -0.39 is 0 Å². The predicted octanol–water partition coefficient (Wildman–Crippen LogP) is 2.57. The van der Waals surface area contributed by atoms with Crippen LogP contribution in [0.25, 0.3) is 0 Å². The third-order valence-corrected chi connectivity index (χ3v) is 3.65. The molecular weight excluding hydrogens is 389 g/mol. The molecule has 0 bridgehead atoms. The summed E-state index contributed by atoms with van der Waals surface area (Å²) in [5, 5.41) is 7.58. The molecule has 0 aliphatic carbocycles. The lowest BCUT2D eigenvalue weighted by Crippen LogP contribution is -2.40. The van der Waals surface area contributed by atoms with Gasteiger partial charge in [-0.1, -0.05) is 18.2 Å². The number of aryl methyl sites for hydroxylation is 1. The lowest BCUT2D eigenvalue weighted by Gasteiger charge is -2.22. The molecule has 1 N–H and O–H groups in total. The Hall–Kier alpha value is -1.57. The van der Waals surface area contributed by atoms with Crippen LogP contribution in [0.15, 0.2) is 41.7 Å². The molecule has 2 heterocycles. The van der Waals surface area contributed by atoms with E-state index in [1.165, 1.54) is 11.3 Å². The van der Waals surface area contributed by atoms with Crippen molar-refractivity contribution in [2.75, 3.05) is 18.0 Å². The zero-order valence-electron chi connectivity index (χ0n) is 13.0. The van der Waals surface area contributed by atoms with Crippen LogP contribution >= 0.6 is 24.0 Å². The molecule has 1 aliphatic heterocycles. The summed E-state index contributed by atoms with van der Waals surface area (Å²) in [4.78, 5) is 7.03. The molecule has 0 atom stereocenters. The lowest BCUT2D eigenvalue weighted by molar-refractivity contribution is 0.766. The van der Waals surface area contributed by atoms with E-state index in [1.807, 2.05) is 24.1 Å². The van der Waals surface area contributed by atoms with Gasteiger partial charge in [-0.05, 0) is 25.0 Å². The maximum atomic E-state index is 4.76. The third-order valence-electron chi connectivity index (χ3n) is 3.65. The number of guanidine groups is 1. The SMILES string of the molecule is CCNC(=NCc1cnn(C)c1)N1CCc2ccccc21.I. The normalized spacial score (nSPS) is 13.7. The van der Waals surface area contributed by atoms with Crippen LogP contribution in [-0.2, 0) is 20.0 Å². The van der Waals surface area contributed by atoms with Gasteiger partial charge in [0.05, 0.1) is 12.7 Å². The number of para-hydroxylation sites is 1. The Morgan fingerprint density at radius 1 is 1.36 bits per heavy atom. The van der Waals surface area contributed by atoms with Gasteiger partial charge in [-0.25, -0.2) is 4.99 Å². The molecule has 0 amide bonds. The van der Waals surface area contributed by atoms with Gasteiger partial charge in [-0.3, -0.25) is 4.68 Å². The number of hydrogen-bond donors (Lipinski definition) is 1. The second kappa shape index (κ2) is 7.62. The highest BCUT2D eigenvalue weighted by molar-refractivity contribution is 14.0. The fourth-order valence-electron chi connectivity index (χ4n) is 2.67. The first-order valence-electron chi connectivity index (χ1n) is 7.39. The Kier molecular flexibility index (Phi) is 5.82. The van der Waals surface area contributed by atoms with Crippen LogP contribution < -0.4 is 10.2 Å². The Balaban J connectivity index is 0.00000176. The smallest absolute Gasteiger partial charge is 0.198 e. The van der Waals surface area contributed by atoms with E-state index in [9.17, 15) is 0 Å². The van der Waals surface area contributed by atoms with Gasteiger partial charge in [0.25, 0.3) is 0 Å². The quantitative estimate of drug-likeness (QED) is 0.480. The summed E-state index contributed by atoms with van der Waals surface area (Å²) >= 11 is 0. The fourth-order valence-corrected chi connectivity index (χ4v) is 2.67. The maximum absolute atomic E-state index is 4.76. The highest BCUT2D eigenvalue weighted by Crippen LogP contribution is 2.27. The van der Waals surface area contributed by atoms with Crippen LogP contribution in [0, 0.1) is 0 Å². The monoisotopic (exact) mass is 411 g/mol. The van der Waals surface area contributed by atoms with E-state index in [2.05, 4.69) is 46.5 Å². The summed E-state index contributed by atoms with van der Waals surface area (Å²) in [6, 6.07) is 8.54. The molecular formula is C16H22IN5. The average Bonchev–Trinajstić information content (AvgIpc) is 3.10. The summed E-state index contributed by atoms with van der Waals surface area (Å²) in [7, 11) is 1.93. The first-order chi connectivity index (χ1) is 10.3. The van der Waals surface area contributed by atoms with Crippen LogP contribution in [0.3, 0.4) is 0 Å². The number of fused-ring (bicyclic) bond motifs is 1. The zero-order valence-corrected chi connectivity index (χ0v) is 15.3. The number of rotatable bonds is 3. The van der Waals surface area contributed by atoms with E-state index in [4.69, 9.17) is 4.99 Å². The number of aliphatic imine (C=N–C) groups is 1. The topological polar surface area (TPSA) is 45.5 Å². The maximum Gasteiger partial charge on any atom is 0.198 e. The van der Waals surface area contributed by atoms with Gasteiger partial charge in [-0.15, -0.1) is 24.0 Å². The molecule has 6 heteroatoms. The first kappa shape index (κ1) is 16.8. The summed E-state index contributed by atoms with van der Waals surface area (Å²) in [6.45, 7) is 4.60. The molecule has 5 nitrogen and oxygen atoms in total. The van der Waals surface area contributed by atoms with E-state index in [0.29, 0.717) is 6.54 Å². The van der Waals surface area contributed by atoms with Crippen molar-refractivity contribution in [1.29, 1.82) is 0 Å². The molecule has 2 aromatic rings. The highest BCUT2D eigenvalue weighted by atomic mass is 127. The van der Waals surface area contributed by atoms with Crippen LogP contribution in [0.4, 0.5) is 5.69 Å². The van der Waals surface area contributed by atoms with Crippen molar-refractivity contribution in [1.82, 2.24) is 15.1 Å². The minimum Gasteiger partial charge on any atom is -0.356 e. The van der Waals surface area contributed by atoms with Crippen LogP contribution in [0.5, 0.6) is 0 Å². The molecule has 1 aliphatic rings. The Labute approximate surface area is 148 Å². The van der Waals surface area contributed by atoms with Crippen molar-refractivity contribution >= 4 is 35.6 Å². The van der Waals surface area contributed by atoms with E-state index in [0.717, 1.165) is 31.0 Å². The highest BCUT2D eigenvalue weighted by Gasteiger charge is 2.22. The van der Waals surface area contributed by atoms with E-state index in [1.54, 1.807) is 0 Å². The molecule has 1 aromatic carbocycles. The van der Waals surface area contributed by atoms with Crippen molar-refractivity contribution in [3.05, 3.63) is 47.8 Å². The molecule has 0 saturated heterocycles. The second-order valence-corrected chi connectivity index (χ2v) is 5.22. The summed E-state index contributed by atoms with van der Waals surface area (Å²) in [6.07, 6.45) is 4.95. The number of aromatic nitrogens is 2. The molecule has 3 rings (SSSR count). The number of nitrogens with one attached hydrogen (secondary N) is 1. The van der Waals surface area contributed by atoms with Crippen molar-refractivity contribution in [2.24, 2.45) is 12.0 Å². The third kappa shape index (κ3) is 3.60. The van der Waals surface area contributed by atoms with Gasteiger partial charge < -0.3 is 10.2 Å². The predicted molar refractivity (Wildman–Crippen MR) is 101 cm³/mol. The largest absolute Gasteiger partial charge is 0.356 e. The molecule has 0 unspecified atom stereocenters. The summed E-state index contributed by atoms with van der Waals surface area (Å²) < 4.78 is 1.81. The van der Waals surface area contributed by atoms with E-state index >= 15 is 0 Å². The Morgan fingerprint density at radius 3 is 2.91 bits per heavy atom. The molecule has 0 saturated carbocycles. The van der Waals surface area contributed by atoms with Gasteiger partial charge in [0.1, 0.15) is 0 Å². The molecule has 22 heavy (non-hydrogen) atoms. The summed E-state index contributed by atoms with van der Waals surface area (Å²) in [5.41, 5.74) is 3.79. The molecule has 0 fully saturated rings. The van der Waals surface area contributed by atoms with Crippen LogP contribution in [0.1, 0.15) is 18.1 Å². The number of anilines is 1. The zero-order chi connectivity index (χ0) is 14.7. The lowest BCUT2D eigenvalue weighted by atomic mass is 10.2. The molecule has 1 aromatic heterocycles. The number of halogens is 1. The fraction of sp³-hybridized carbons (Fsp3) is 0.375. The van der Waals surface area contributed by atoms with Gasteiger partial charge in [-0.2, -0.15) is 5.10 Å². The van der Waals surface area contributed by atoms with Crippen molar-refractivity contribution in [2.45, 2.75) is 19.9 Å². The van der Waals surface area contributed by atoms with Gasteiger partial charge >= 0.3 is 0 Å². The van der Waals surface area contributed by atoms with Crippen LogP contribution in [-0.4, -0.2) is 28.8 Å². The molecule has 0 radical (unpaired) electrons. The number of benzene rings is 1. The van der Waals surface area contributed by atoms with Crippen molar-refractivity contribution in [3.63, 3.8) is 0 Å². The van der Waals surface area contributed by atoms with Crippen molar-refractivity contribution in [3.8, 4) is 0 Å². The van der Waals surface area contributed by atoms with Gasteiger partial charge in [0.15, 0.2) is 5.96 Å².